The van der Waals surface area contributed by atoms with Crippen LogP contribution in [-0.2, 0) is 0 Å². The third-order valence-electron chi connectivity index (χ3n) is 2.15. The number of rotatable bonds is 6. The Kier molecular flexibility index (Phi) is 5.80. The lowest BCUT2D eigenvalue weighted by atomic mass is 10.2. The lowest BCUT2D eigenvalue weighted by molar-refractivity contribution is -0.386. The maximum absolute atomic E-state index is 10.9. The minimum Gasteiger partial charge on any atom is -0.486 e. The summed E-state index contributed by atoms with van der Waals surface area (Å²) < 4.78 is 5.89. The van der Waals surface area contributed by atoms with Crippen LogP contribution in [0.15, 0.2) is 12.1 Å². The van der Waals surface area contributed by atoms with Gasteiger partial charge < -0.3 is 9.84 Å². The third kappa shape index (κ3) is 3.82. The largest absolute Gasteiger partial charge is 0.486 e. The van der Waals surface area contributed by atoms with E-state index in [0.29, 0.717) is 23.0 Å². The van der Waals surface area contributed by atoms with E-state index >= 15 is 0 Å². The number of aliphatic hydroxyl groups excluding tert-OH is 1. The number of halogens is 1. The Morgan fingerprint density at radius 1 is 1.50 bits per heavy atom. The molecule has 0 spiro atoms. The van der Waals surface area contributed by atoms with Gasteiger partial charge in [-0.3, -0.25) is 10.1 Å². The van der Waals surface area contributed by atoms with Gasteiger partial charge in [-0.15, -0.1) is 0 Å². The van der Waals surface area contributed by atoms with Gasteiger partial charge in [0.25, 0.3) is 0 Å². The van der Waals surface area contributed by atoms with Gasteiger partial charge in [0.1, 0.15) is 0 Å². The van der Waals surface area contributed by atoms with Crippen LogP contribution in [-0.4, -0.2) is 23.2 Å². The Morgan fingerprint density at radius 3 is 2.78 bits per heavy atom. The molecule has 0 aromatic heterocycles. The summed E-state index contributed by atoms with van der Waals surface area (Å²) >= 11 is 1.90. The van der Waals surface area contributed by atoms with E-state index in [1.54, 1.807) is 0 Å². The number of hydrogen-bond donors (Lipinski definition) is 1. The molecule has 0 aliphatic carbocycles. The highest BCUT2D eigenvalue weighted by Crippen LogP contribution is 2.33. The summed E-state index contributed by atoms with van der Waals surface area (Å²) in [5, 5.41) is 28.3. The molecule has 0 bridgehead atoms. The van der Waals surface area contributed by atoms with Crippen LogP contribution in [0.25, 0.3) is 0 Å². The van der Waals surface area contributed by atoms with Gasteiger partial charge in [0, 0.05) is 12.7 Å². The van der Waals surface area contributed by atoms with Crippen LogP contribution >= 0.6 is 22.6 Å². The van der Waals surface area contributed by atoms with Gasteiger partial charge in [0.15, 0.2) is 0 Å². The van der Waals surface area contributed by atoms with Crippen LogP contribution in [0.2, 0.25) is 0 Å². The number of aliphatic hydroxyl groups is 1. The van der Waals surface area contributed by atoms with E-state index in [1.165, 1.54) is 12.1 Å². The summed E-state index contributed by atoms with van der Waals surface area (Å²) in [5.41, 5.74) is 0.0243. The van der Waals surface area contributed by atoms with E-state index in [4.69, 9.17) is 15.1 Å². The molecule has 0 unspecified atom stereocenters. The molecule has 96 valence electrons. The van der Waals surface area contributed by atoms with Crippen molar-refractivity contribution in [3.63, 3.8) is 0 Å². The lowest BCUT2D eigenvalue weighted by Gasteiger charge is -2.08. The fraction of sp³-hybridized carbons (Fsp3) is 0.364. The Bertz CT molecular complexity index is 485. The quantitative estimate of drug-likeness (QED) is 0.362. The summed E-state index contributed by atoms with van der Waals surface area (Å²) in [5.74, 6) is 0.178. The molecule has 0 saturated heterocycles. The molecule has 1 rings (SSSR count). The minimum atomic E-state index is -0.565. The standard InChI is InChI=1S/C11H11IN2O4/c12-9-5-8(7-13)6-10(14(16)17)11(9)18-4-2-1-3-15/h5-6,15H,1-4H2. The Balaban J connectivity index is 2.95. The zero-order valence-corrected chi connectivity index (χ0v) is 11.6. The minimum absolute atomic E-state index is 0.0654. The number of nitro groups is 1. The van der Waals surface area contributed by atoms with Crippen LogP contribution in [0.1, 0.15) is 18.4 Å². The molecule has 18 heavy (non-hydrogen) atoms. The maximum Gasteiger partial charge on any atom is 0.313 e. The van der Waals surface area contributed by atoms with Gasteiger partial charge in [-0.05, 0) is 41.5 Å². The molecule has 0 heterocycles. The van der Waals surface area contributed by atoms with Gasteiger partial charge in [-0.2, -0.15) is 5.26 Å². The van der Waals surface area contributed by atoms with Gasteiger partial charge >= 0.3 is 5.69 Å². The second kappa shape index (κ2) is 7.13. The predicted molar refractivity (Wildman–Crippen MR) is 72.3 cm³/mol. The molecule has 6 nitrogen and oxygen atoms in total. The average molecular weight is 362 g/mol. The number of nitrogens with zero attached hydrogens (tertiary/aromatic N) is 2. The Labute approximate surface area is 117 Å². The molecule has 1 aromatic rings. The van der Waals surface area contributed by atoms with Crippen molar-refractivity contribution in [1.29, 1.82) is 5.26 Å². The highest BCUT2D eigenvalue weighted by atomic mass is 127. The van der Waals surface area contributed by atoms with Crippen molar-refractivity contribution in [2.75, 3.05) is 13.2 Å². The first-order valence-electron chi connectivity index (χ1n) is 5.22. The molecule has 0 atom stereocenters. The fourth-order valence-corrected chi connectivity index (χ4v) is 2.08. The van der Waals surface area contributed by atoms with E-state index < -0.39 is 4.92 Å². The third-order valence-corrected chi connectivity index (χ3v) is 2.95. The summed E-state index contributed by atoms with van der Waals surface area (Å²) in [6.07, 6.45) is 1.20. The SMILES string of the molecule is N#Cc1cc(I)c(OCCCCO)c([N+](=O)[O-])c1. The van der Waals surface area contributed by atoms with Crippen molar-refractivity contribution in [2.24, 2.45) is 0 Å². The smallest absolute Gasteiger partial charge is 0.313 e. The first kappa shape index (κ1) is 14.7. The predicted octanol–water partition coefficient (Wildman–Crippen LogP) is 2.22. The molecule has 0 amide bonds. The number of unbranched alkanes of at least 4 members (excludes halogenated alkanes) is 1. The van der Waals surface area contributed by atoms with Crippen molar-refractivity contribution < 1.29 is 14.8 Å². The molecule has 0 aliphatic heterocycles. The van der Waals surface area contributed by atoms with E-state index in [2.05, 4.69) is 0 Å². The van der Waals surface area contributed by atoms with Crippen LogP contribution in [0.5, 0.6) is 5.75 Å². The van der Waals surface area contributed by atoms with Crippen LogP contribution in [0, 0.1) is 25.0 Å². The zero-order chi connectivity index (χ0) is 13.5. The number of benzene rings is 1. The highest BCUT2D eigenvalue weighted by molar-refractivity contribution is 14.1. The van der Waals surface area contributed by atoms with Crippen LogP contribution in [0.3, 0.4) is 0 Å². The molecule has 1 aromatic carbocycles. The molecule has 7 heteroatoms. The highest BCUT2D eigenvalue weighted by Gasteiger charge is 2.20. The average Bonchev–Trinajstić information content (AvgIpc) is 2.35. The van der Waals surface area contributed by atoms with Crippen LogP contribution < -0.4 is 4.74 Å². The molecule has 0 radical (unpaired) electrons. The first-order valence-corrected chi connectivity index (χ1v) is 6.29. The zero-order valence-electron chi connectivity index (χ0n) is 9.43. The normalized spacial score (nSPS) is 9.83. The second-order valence-electron chi connectivity index (χ2n) is 3.45. The molecule has 1 N–H and O–H groups in total. The number of nitriles is 1. The van der Waals surface area contributed by atoms with E-state index in [9.17, 15) is 10.1 Å². The van der Waals surface area contributed by atoms with Gasteiger partial charge in [0.05, 0.1) is 26.7 Å². The molecule has 0 saturated carbocycles. The maximum atomic E-state index is 10.9. The summed E-state index contributed by atoms with van der Waals surface area (Å²) in [6.45, 7) is 0.360. The fourth-order valence-electron chi connectivity index (χ4n) is 1.31. The number of ether oxygens (including phenoxy) is 1. The Hall–Kier alpha value is -1.40. The van der Waals surface area contributed by atoms with Crippen molar-refractivity contribution in [3.8, 4) is 11.8 Å². The second-order valence-corrected chi connectivity index (χ2v) is 4.62. The first-order chi connectivity index (χ1) is 8.60. The van der Waals surface area contributed by atoms with E-state index in [0.717, 1.165) is 0 Å². The van der Waals surface area contributed by atoms with E-state index in [1.807, 2.05) is 28.7 Å². The van der Waals surface area contributed by atoms with Crippen molar-refractivity contribution in [3.05, 3.63) is 31.4 Å². The summed E-state index contributed by atoms with van der Waals surface area (Å²) in [4.78, 5) is 10.3. The van der Waals surface area contributed by atoms with Crippen LogP contribution in [0.4, 0.5) is 5.69 Å². The summed E-state index contributed by atoms with van der Waals surface area (Å²) in [7, 11) is 0. The van der Waals surface area contributed by atoms with E-state index in [-0.39, 0.29) is 23.6 Å². The van der Waals surface area contributed by atoms with Crippen molar-refractivity contribution in [1.82, 2.24) is 0 Å². The van der Waals surface area contributed by atoms with Crippen molar-refractivity contribution >= 4 is 28.3 Å². The van der Waals surface area contributed by atoms with Gasteiger partial charge in [0.2, 0.25) is 5.75 Å². The monoisotopic (exact) mass is 362 g/mol. The number of nitro benzene ring substituents is 1. The van der Waals surface area contributed by atoms with Gasteiger partial charge in [-0.25, -0.2) is 0 Å². The lowest BCUT2D eigenvalue weighted by Crippen LogP contribution is -2.03. The van der Waals surface area contributed by atoms with Crippen molar-refractivity contribution in [2.45, 2.75) is 12.8 Å². The van der Waals surface area contributed by atoms with Gasteiger partial charge in [-0.1, -0.05) is 0 Å². The Morgan fingerprint density at radius 2 is 2.22 bits per heavy atom. The summed E-state index contributed by atoms with van der Waals surface area (Å²) in [6, 6.07) is 4.60. The topological polar surface area (TPSA) is 96.4 Å². The molecular formula is C11H11IN2O4. The molecular weight excluding hydrogens is 351 g/mol. The molecule has 0 fully saturated rings. The number of hydrogen-bond acceptors (Lipinski definition) is 5. The molecule has 0 aliphatic rings.